The van der Waals surface area contributed by atoms with E-state index in [1.807, 2.05) is 18.2 Å². The Bertz CT molecular complexity index is 1710. The standard InChI is InChI=1S/C36H41N7O5/c44-31(15-9-25-7-4-8-28-33(25)36(48)43(35(28)47)30-14-16-32(45)38-34(30)46)37-23-40-19-21-41(22-20-40)26-10-12-27(13-11-26)42-18-17-29(39-42)24-5-2-1-3-6-24/h1-8,17-18,26-27,30H,9-16,19-23H2,(H,37,44)(H,38,45,46). The Morgan fingerprint density at radius 3 is 2.33 bits per heavy atom. The van der Waals surface area contributed by atoms with Crippen LogP contribution in [-0.4, -0.2) is 98.9 Å². The molecule has 4 aliphatic rings. The number of amides is 5. The highest BCUT2D eigenvalue weighted by Gasteiger charge is 2.45. The number of piperazine rings is 1. The summed E-state index contributed by atoms with van der Waals surface area (Å²) in [7, 11) is 0. The van der Waals surface area contributed by atoms with Crippen LogP contribution in [0.15, 0.2) is 60.8 Å². The van der Waals surface area contributed by atoms with E-state index in [0.717, 1.165) is 68.0 Å². The maximum absolute atomic E-state index is 13.3. The van der Waals surface area contributed by atoms with E-state index < -0.39 is 29.7 Å². The molecule has 3 aromatic rings. The number of hydrogen-bond acceptors (Lipinski definition) is 8. The molecule has 1 unspecified atom stereocenters. The molecule has 0 spiro atoms. The van der Waals surface area contributed by atoms with E-state index in [9.17, 15) is 24.0 Å². The minimum atomic E-state index is -1.02. The number of carbonyl (C=O) groups is 5. The van der Waals surface area contributed by atoms with Crippen LogP contribution in [-0.2, 0) is 20.8 Å². The molecule has 1 atom stereocenters. The van der Waals surface area contributed by atoms with E-state index in [1.165, 1.54) is 0 Å². The molecule has 12 heteroatoms. The lowest BCUT2D eigenvalue weighted by Crippen LogP contribution is -2.54. The highest BCUT2D eigenvalue weighted by molar-refractivity contribution is 6.24. The molecule has 3 aliphatic heterocycles. The van der Waals surface area contributed by atoms with Crippen LogP contribution in [0.5, 0.6) is 0 Å². The zero-order valence-electron chi connectivity index (χ0n) is 27.0. The van der Waals surface area contributed by atoms with Gasteiger partial charge < -0.3 is 5.32 Å². The third-order valence-electron chi connectivity index (χ3n) is 10.3. The third-order valence-corrected chi connectivity index (χ3v) is 10.3. The average molecular weight is 652 g/mol. The van der Waals surface area contributed by atoms with Gasteiger partial charge in [0, 0.05) is 56.8 Å². The number of fused-ring (bicyclic) bond motifs is 1. The van der Waals surface area contributed by atoms with E-state index in [2.05, 4.69) is 49.5 Å². The van der Waals surface area contributed by atoms with Gasteiger partial charge in [0.25, 0.3) is 11.8 Å². The quantitative estimate of drug-likeness (QED) is 0.337. The largest absolute Gasteiger partial charge is 0.343 e. The minimum absolute atomic E-state index is 0.0657. The average Bonchev–Trinajstić information content (AvgIpc) is 3.71. The van der Waals surface area contributed by atoms with Crippen molar-refractivity contribution in [2.75, 3.05) is 32.8 Å². The first kappa shape index (κ1) is 31.9. The van der Waals surface area contributed by atoms with E-state index in [-0.39, 0.29) is 36.3 Å². The molecule has 0 radical (unpaired) electrons. The van der Waals surface area contributed by atoms with E-state index >= 15 is 0 Å². The van der Waals surface area contributed by atoms with Crippen molar-refractivity contribution in [3.8, 4) is 11.3 Å². The van der Waals surface area contributed by atoms with Crippen molar-refractivity contribution in [1.29, 1.82) is 0 Å². The van der Waals surface area contributed by atoms with Gasteiger partial charge in [-0.05, 0) is 56.2 Å². The molecule has 48 heavy (non-hydrogen) atoms. The molecule has 2 saturated heterocycles. The van der Waals surface area contributed by atoms with Crippen LogP contribution in [0.3, 0.4) is 0 Å². The fraction of sp³-hybridized carbons (Fsp3) is 0.444. The van der Waals surface area contributed by atoms with E-state index in [1.54, 1.807) is 18.2 Å². The normalized spacial score (nSPS) is 23.7. The van der Waals surface area contributed by atoms with Crippen molar-refractivity contribution in [2.24, 2.45) is 0 Å². The highest BCUT2D eigenvalue weighted by Crippen LogP contribution is 2.33. The van der Waals surface area contributed by atoms with Gasteiger partial charge in [-0.2, -0.15) is 5.10 Å². The maximum Gasteiger partial charge on any atom is 0.262 e. The number of piperidine rings is 1. The summed E-state index contributed by atoms with van der Waals surface area (Å²) < 4.78 is 2.15. The SMILES string of the molecule is O=C(CCc1cccc2c1C(=O)N(C1CCC(=O)NC1=O)C2=O)NCN1CCN(C2CCC(n3ccc(-c4ccccc4)n3)CC2)CC1. The third kappa shape index (κ3) is 6.54. The number of benzene rings is 2. The van der Waals surface area contributed by atoms with Gasteiger partial charge in [-0.25, -0.2) is 0 Å². The lowest BCUT2D eigenvalue weighted by Gasteiger charge is -2.42. The molecule has 2 aromatic carbocycles. The highest BCUT2D eigenvalue weighted by atomic mass is 16.2. The Kier molecular flexibility index (Phi) is 9.18. The molecule has 0 bridgehead atoms. The second-order valence-electron chi connectivity index (χ2n) is 13.2. The molecule has 3 fully saturated rings. The Labute approximate surface area is 279 Å². The van der Waals surface area contributed by atoms with Crippen LogP contribution in [0.1, 0.15) is 77.3 Å². The van der Waals surface area contributed by atoms with Gasteiger partial charge in [0.2, 0.25) is 17.7 Å². The van der Waals surface area contributed by atoms with Crippen LogP contribution in [0.4, 0.5) is 0 Å². The summed E-state index contributed by atoms with van der Waals surface area (Å²) in [5, 5.41) is 10.1. The monoisotopic (exact) mass is 651 g/mol. The number of aryl methyl sites for hydroxylation is 1. The van der Waals surface area contributed by atoms with Crippen LogP contribution in [0.2, 0.25) is 0 Å². The Morgan fingerprint density at radius 1 is 0.833 bits per heavy atom. The number of aromatic nitrogens is 2. The van der Waals surface area contributed by atoms with Gasteiger partial charge in [-0.3, -0.25) is 48.7 Å². The van der Waals surface area contributed by atoms with Gasteiger partial charge >= 0.3 is 0 Å². The zero-order valence-corrected chi connectivity index (χ0v) is 27.0. The summed E-state index contributed by atoms with van der Waals surface area (Å²) in [6.07, 6.45) is 7.30. The number of hydrogen-bond donors (Lipinski definition) is 2. The van der Waals surface area contributed by atoms with Gasteiger partial charge in [-0.15, -0.1) is 0 Å². The summed E-state index contributed by atoms with van der Waals surface area (Å²) in [5.41, 5.74) is 3.24. The summed E-state index contributed by atoms with van der Waals surface area (Å²) in [6.45, 7) is 4.19. The smallest absolute Gasteiger partial charge is 0.262 e. The predicted molar refractivity (Wildman–Crippen MR) is 177 cm³/mol. The summed E-state index contributed by atoms with van der Waals surface area (Å²) in [5.74, 6) is -2.27. The van der Waals surface area contributed by atoms with E-state index in [4.69, 9.17) is 5.10 Å². The first-order valence-electron chi connectivity index (χ1n) is 17.0. The molecule has 4 heterocycles. The van der Waals surface area contributed by atoms with Crippen LogP contribution < -0.4 is 10.6 Å². The summed E-state index contributed by atoms with van der Waals surface area (Å²) in [6, 6.07) is 17.4. The van der Waals surface area contributed by atoms with Gasteiger partial charge in [-0.1, -0.05) is 42.5 Å². The van der Waals surface area contributed by atoms with Crippen LogP contribution in [0, 0.1) is 0 Å². The van der Waals surface area contributed by atoms with Crippen molar-refractivity contribution < 1.29 is 24.0 Å². The summed E-state index contributed by atoms with van der Waals surface area (Å²) in [4.78, 5) is 69.0. The molecule has 1 aromatic heterocycles. The first-order chi connectivity index (χ1) is 23.4. The molecule has 5 amide bonds. The molecule has 7 rings (SSSR count). The number of carbonyl (C=O) groups excluding carboxylic acids is 5. The minimum Gasteiger partial charge on any atom is -0.343 e. The van der Waals surface area contributed by atoms with Crippen molar-refractivity contribution in [1.82, 2.24) is 35.1 Å². The molecule has 2 N–H and O–H groups in total. The van der Waals surface area contributed by atoms with Crippen molar-refractivity contribution >= 4 is 29.5 Å². The van der Waals surface area contributed by atoms with E-state index in [0.29, 0.717) is 30.7 Å². The number of nitrogens with one attached hydrogen (secondary N) is 2. The second kappa shape index (κ2) is 13.8. The Balaban J connectivity index is 0.842. The molecular formula is C36H41N7O5. The van der Waals surface area contributed by atoms with Gasteiger partial charge in [0.05, 0.1) is 29.5 Å². The Morgan fingerprint density at radius 2 is 1.58 bits per heavy atom. The lowest BCUT2D eigenvalue weighted by molar-refractivity contribution is -0.136. The predicted octanol–water partition coefficient (Wildman–Crippen LogP) is 2.76. The molecule has 250 valence electrons. The molecule has 1 aliphatic carbocycles. The molecular weight excluding hydrogens is 610 g/mol. The van der Waals surface area contributed by atoms with Crippen LogP contribution in [0.25, 0.3) is 11.3 Å². The van der Waals surface area contributed by atoms with Gasteiger partial charge in [0.1, 0.15) is 6.04 Å². The van der Waals surface area contributed by atoms with Crippen molar-refractivity contribution in [3.63, 3.8) is 0 Å². The number of rotatable bonds is 9. The number of nitrogens with zero attached hydrogens (tertiary/aromatic N) is 5. The second-order valence-corrected chi connectivity index (χ2v) is 13.2. The van der Waals surface area contributed by atoms with Gasteiger partial charge in [0.15, 0.2) is 0 Å². The fourth-order valence-corrected chi connectivity index (χ4v) is 7.61. The van der Waals surface area contributed by atoms with Crippen molar-refractivity contribution in [2.45, 2.75) is 69.5 Å². The zero-order chi connectivity index (χ0) is 33.2. The van der Waals surface area contributed by atoms with Crippen LogP contribution >= 0.6 is 0 Å². The molecule has 1 saturated carbocycles. The topological polar surface area (TPSA) is 137 Å². The number of imide groups is 2. The first-order valence-corrected chi connectivity index (χ1v) is 17.0. The lowest BCUT2D eigenvalue weighted by atomic mass is 9.90. The molecule has 12 nitrogen and oxygen atoms in total. The maximum atomic E-state index is 13.3. The van der Waals surface area contributed by atoms with Crippen molar-refractivity contribution in [3.05, 3.63) is 77.5 Å². The summed E-state index contributed by atoms with van der Waals surface area (Å²) >= 11 is 0. The fourth-order valence-electron chi connectivity index (χ4n) is 7.61. The Hall–Kier alpha value is -4.68.